The lowest BCUT2D eigenvalue weighted by molar-refractivity contribution is -0.130. The van der Waals surface area contributed by atoms with E-state index >= 15 is 0 Å². The number of hydrazine groups is 1. The van der Waals surface area contributed by atoms with Gasteiger partial charge < -0.3 is 4.74 Å². The van der Waals surface area contributed by atoms with Crippen LogP contribution in [-0.2, 0) is 4.79 Å². The number of carbonyl (C=O) groups excluding carboxylic acids is 1. The van der Waals surface area contributed by atoms with E-state index in [1.54, 1.807) is 18.2 Å². The molecule has 1 amide bonds. The molecular formula is C21H28BrN3O2. The lowest BCUT2D eigenvalue weighted by Crippen LogP contribution is -2.46. The number of benzene rings is 1. The Hall–Kier alpha value is -1.92. The summed E-state index contributed by atoms with van der Waals surface area (Å²) in [6.45, 7) is 6.66. The van der Waals surface area contributed by atoms with Gasteiger partial charge in [-0.15, -0.1) is 0 Å². The molecule has 1 aromatic heterocycles. The molecule has 1 unspecified atom stereocenters. The smallest absolute Gasteiger partial charge is 0.260 e. The Labute approximate surface area is 169 Å². The normalized spacial score (nSPS) is 16.3. The van der Waals surface area contributed by atoms with Crippen LogP contribution < -0.4 is 10.2 Å². The van der Waals surface area contributed by atoms with Gasteiger partial charge in [-0.25, -0.2) is 10.4 Å². The summed E-state index contributed by atoms with van der Waals surface area (Å²) in [6, 6.07) is 7.96. The van der Waals surface area contributed by atoms with Gasteiger partial charge in [-0.3, -0.25) is 9.80 Å². The number of aromatic nitrogens is 1. The molecule has 2 aromatic rings. The van der Waals surface area contributed by atoms with Crippen molar-refractivity contribution in [1.29, 1.82) is 0 Å². The van der Waals surface area contributed by atoms with Crippen LogP contribution >= 0.6 is 15.9 Å². The van der Waals surface area contributed by atoms with Crippen LogP contribution in [0.15, 0.2) is 36.4 Å². The third kappa shape index (κ3) is 5.08. The average Bonchev–Trinajstić information content (AvgIpc) is 2.70. The molecule has 0 aliphatic carbocycles. The van der Waals surface area contributed by atoms with Gasteiger partial charge in [0.25, 0.3) is 5.91 Å². The Bertz CT molecular complexity index is 807. The van der Waals surface area contributed by atoms with Crippen LogP contribution in [0.1, 0.15) is 44.0 Å². The number of methoxy groups -OCH3 is 1. The van der Waals surface area contributed by atoms with E-state index in [2.05, 4.69) is 32.4 Å². The van der Waals surface area contributed by atoms with Gasteiger partial charge in [0.2, 0.25) is 0 Å². The highest BCUT2D eigenvalue weighted by atomic mass is 79.9. The summed E-state index contributed by atoms with van der Waals surface area (Å²) in [6.07, 6.45) is 5.54. The van der Waals surface area contributed by atoms with E-state index in [4.69, 9.17) is 4.74 Å². The summed E-state index contributed by atoms with van der Waals surface area (Å²) in [5.74, 6) is 0.755. The number of hydrogen-bond donors (Lipinski definition) is 1. The molecule has 1 aliphatic rings. The molecule has 5 nitrogen and oxygen atoms in total. The van der Waals surface area contributed by atoms with Crippen molar-refractivity contribution in [3.63, 3.8) is 0 Å². The standard InChI is InChI=1S/C19H22BrN3O2.C2H6/c1-13-5-6-15-14(7-9-17(25-2)19(15)21-13)16-8-10-18(24)23(22-16)12-4-3-11-20;1-2/h5-10,16,22H,3-4,11-12H2,1-2H3;1-2H3. The van der Waals surface area contributed by atoms with Crippen molar-refractivity contribution in [2.24, 2.45) is 0 Å². The Morgan fingerprint density at radius 2 is 2.00 bits per heavy atom. The number of rotatable bonds is 6. The fraction of sp³-hybridized carbons (Fsp3) is 0.429. The predicted octanol–water partition coefficient (Wildman–Crippen LogP) is 4.70. The highest BCUT2D eigenvalue weighted by molar-refractivity contribution is 9.09. The van der Waals surface area contributed by atoms with Crippen LogP contribution in [-0.4, -0.2) is 34.9 Å². The van der Waals surface area contributed by atoms with Gasteiger partial charge >= 0.3 is 0 Å². The minimum Gasteiger partial charge on any atom is -0.494 e. The molecule has 1 aromatic carbocycles. The van der Waals surface area contributed by atoms with Crippen molar-refractivity contribution in [3.05, 3.63) is 47.7 Å². The molecular weight excluding hydrogens is 406 g/mol. The first-order chi connectivity index (χ1) is 13.1. The number of unbranched alkanes of at least 4 members (excludes halogenated alkanes) is 1. The SMILES string of the molecule is CC.COc1ccc(C2C=CC(=O)N(CCCCBr)N2)c2ccc(C)nc12. The molecule has 146 valence electrons. The van der Waals surface area contributed by atoms with Crippen LogP contribution in [0.5, 0.6) is 5.75 Å². The zero-order chi connectivity index (χ0) is 19.8. The zero-order valence-electron chi connectivity index (χ0n) is 16.5. The topological polar surface area (TPSA) is 54.5 Å². The van der Waals surface area contributed by atoms with E-state index in [9.17, 15) is 4.79 Å². The van der Waals surface area contributed by atoms with Crippen LogP contribution in [0.3, 0.4) is 0 Å². The Morgan fingerprint density at radius 1 is 1.22 bits per heavy atom. The van der Waals surface area contributed by atoms with E-state index < -0.39 is 0 Å². The van der Waals surface area contributed by atoms with Gasteiger partial charge in [0.15, 0.2) is 0 Å². The summed E-state index contributed by atoms with van der Waals surface area (Å²) in [5.41, 5.74) is 6.21. The van der Waals surface area contributed by atoms with Crippen molar-refractivity contribution in [3.8, 4) is 5.75 Å². The van der Waals surface area contributed by atoms with E-state index in [1.807, 2.05) is 45.0 Å². The monoisotopic (exact) mass is 433 g/mol. The lowest BCUT2D eigenvalue weighted by Gasteiger charge is -2.31. The third-order valence-corrected chi connectivity index (χ3v) is 4.87. The van der Waals surface area contributed by atoms with Gasteiger partial charge in [-0.1, -0.05) is 48.0 Å². The maximum Gasteiger partial charge on any atom is 0.260 e. The first-order valence-corrected chi connectivity index (χ1v) is 10.5. The number of nitrogens with zero attached hydrogens (tertiary/aromatic N) is 2. The molecule has 0 bridgehead atoms. The van der Waals surface area contributed by atoms with Gasteiger partial charge in [-0.05, 0) is 37.5 Å². The second kappa shape index (κ2) is 10.4. The molecule has 3 rings (SSSR count). The highest BCUT2D eigenvalue weighted by Gasteiger charge is 2.23. The first-order valence-electron chi connectivity index (χ1n) is 9.40. The fourth-order valence-corrected chi connectivity index (χ4v) is 3.40. The first kappa shape index (κ1) is 21.4. The zero-order valence-corrected chi connectivity index (χ0v) is 18.0. The summed E-state index contributed by atoms with van der Waals surface area (Å²) in [4.78, 5) is 16.7. The fourth-order valence-electron chi connectivity index (χ4n) is 3.00. The quantitative estimate of drug-likeness (QED) is 0.529. The molecule has 6 heteroatoms. The minimum absolute atomic E-state index is 0.00221. The molecule has 27 heavy (non-hydrogen) atoms. The molecule has 0 radical (unpaired) electrons. The van der Waals surface area contributed by atoms with Crippen LogP contribution in [0, 0.1) is 6.92 Å². The van der Waals surface area contributed by atoms with E-state index in [-0.39, 0.29) is 11.9 Å². The Balaban J connectivity index is 0.00000126. The summed E-state index contributed by atoms with van der Waals surface area (Å²) < 4.78 is 5.46. The molecule has 0 spiro atoms. The van der Waals surface area contributed by atoms with Crippen molar-refractivity contribution >= 4 is 32.7 Å². The summed E-state index contributed by atoms with van der Waals surface area (Å²) in [5, 5.41) is 3.68. The molecule has 0 fully saturated rings. The van der Waals surface area contributed by atoms with Crippen LogP contribution in [0.2, 0.25) is 0 Å². The largest absolute Gasteiger partial charge is 0.494 e. The Kier molecular flexibility index (Phi) is 8.25. The summed E-state index contributed by atoms with van der Waals surface area (Å²) >= 11 is 3.43. The van der Waals surface area contributed by atoms with Crippen molar-refractivity contribution in [2.45, 2.75) is 39.7 Å². The number of halogens is 1. The van der Waals surface area contributed by atoms with Crippen LogP contribution in [0.4, 0.5) is 0 Å². The summed E-state index contributed by atoms with van der Waals surface area (Å²) in [7, 11) is 1.65. The highest BCUT2D eigenvalue weighted by Crippen LogP contribution is 2.32. The Morgan fingerprint density at radius 3 is 2.70 bits per heavy atom. The van der Waals surface area contributed by atoms with E-state index in [0.29, 0.717) is 6.54 Å². The van der Waals surface area contributed by atoms with Gasteiger partial charge in [0.1, 0.15) is 11.3 Å². The van der Waals surface area contributed by atoms with Gasteiger partial charge in [0, 0.05) is 29.0 Å². The number of nitrogens with one attached hydrogen (secondary N) is 1. The molecule has 0 saturated carbocycles. The van der Waals surface area contributed by atoms with Gasteiger partial charge in [-0.2, -0.15) is 0 Å². The maximum absolute atomic E-state index is 12.1. The number of amides is 1. The molecule has 1 aliphatic heterocycles. The lowest BCUT2D eigenvalue weighted by atomic mass is 9.99. The maximum atomic E-state index is 12.1. The number of hydrogen-bond acceptors (Lipinski definition) is 4. The number of aryl methyl sites for hydroxylation is 1. The number of ether oxygens (including phenoxy) is 1. The number of pyridine rings is 1. The second-order valence-electron chi connectivity index (χ2n) is 6.06. The number of alkyl halides is 1. The van der Waals surface area contributed by atoms with Crippen molar-refractivity contribution < 1.29 is 9.53 Å². The van der Waals surface area contributed by atoms with Crippen LogP contribution in [0.25, 0.3) is 10.9 Å². The van der Waals surface area contributed by atoms with Crippen molar-refractivity contribution in [1.82, 2.24) is 15.4 Å². The average molecular weight is 434 g/mol. The third-order valence-electron chi connectivity index (χ3n) is 4.31. The van der Waals surface area contributed by atoms with Crippen molar-refractivity contribution in [2.75, 3.05) is 19.0 Å². The molecule has 2 heterocycles. The van der Waals surface area contributed by atoms with Gasteiger partial charge in [0.05, 0.1) is 13.2 Å². The number of fused-ring (bicyclic) bond motifs is 1. The van der Waals surface area contributed by atoms with E-state index in [0.717, 1.165) is 46.1 Å². The van der Waals surface area contributed by atoms with E-state index in [1.165, 1.54) is 0 Å². The molecule has 1 atom stereocenters. The molecule has 1 N–H and O–H groups in total. The number of carbonyl (C=O) groups is 1. The minimum atomic E-state index is -0.0698. The predicted molar refractivity (Wildman–Crippen MR) is 114 cm³/mol. The second-order valence-corrected chi connectivity index (χ2v) is 6.85. The molecule has 0 saturated heterocycles.